The summed E-state index contributed by atoms with van der Waals surface area (Å²) in [4.78, 5) is 40.1. The Morgan fingerprint density at radius 3 is 2.06 bits per heavy atom. The third-order valence-electron chi connectivity index (χ3n) is 8.06. The number of hydrogen-bond donors (Lipinski definition) is 0. The highest BCUT2D eigenvalue weighted by Gasteiger charge is 2.64. The molecule has 54 heavy (non-hydrogen) atoms. The van der Waals surface area contributed by atoms with Gasteiger partial charge in [-0.3, -0.25) is 9.69 Å². The van der Waals surface area contributed by atoms with Crippen LogP contribution in [0.3, 0.4) is 0 Å². The number of esters is 2. The number of nitrogens with zero attached hydrogens (tertiary/aromatic N) is 6. The van der Waals surface area contributed by atoms with Crippen molar-refractivity contribution in [2.75, 3.05) is 6.73 Å². The third-order valence-corrected chi connectivity index (χ3v) is 8.39. The van der Waals surface area contributed by atoms with E-state index in [1.54, 1.807) is 20.8 Å². The van der Waals surface area contributed by atoms with Gasteiger partial charge in [0.25, 0.3) is 5.91 Å². The van der Waals surface area contributed by atoms with Crippen molar-refractivity contribution < 1.29 is 59.0 Å². The number of halogens is 9. The molecular formula is C34H27ClF8N6O5. The van der Waals surface area contributed by atoms with Gasteiger partial charge in [0, 0.05) is 18.8 Å². The molecule has 0 saturated heterocycles. The molecule has 0 atom stereocenters. The molecule has 1 aliphatic rings. The first-order valence-electron chi connectivity index (χ1n) is 15.6. The Morgan fingerprint density at radius 1 is 0.944 bits per heavy atom. The van der Waals surface area contributed by atoms with Crippen molar-refractivity contribution >= 4 is 29.4 Å². The zero-order chi connectivity index (χ0) is 40.2. The summed E-state index contributed by atoms with van der Waals surface area (Å²) < 4.78 is 121. The van der Waals surface area contributed by atoms with E-state index in [0.717, 1.165) is 24.3 Å². The second-order valence-corrected chi connectivity index (χ2v) is 13.5. The Hall–Kier alpha value is -5.51. The topological polar surface area (TPSA) is 132 Å². The fourth-order valence-electron chi connectivity index (χ4n) is 5.22. The lowest BCUT2D eigenvalue weighted by molar-refractivity contribution is -0.292. The summed E-state index contributed by atoms with van der Waals surface area (Å²) in [7, 11) is 0.727. The second-order valence-electron chi connectivity index (χ2n) is 13.1. The van der Waals surface area contributed by atoms with Gasteiger partial charge in [-0.25, -0.2) is 19.0 Å². The van der Waals surface area contributed by atoms with E-state index in [-0.39, 0.29) is 50.4 Å². The van der Waals surface area contributed by atoms with Gasteiger partial charge in [-0.1, -0.05) is 17.7 Å². The van der Waals surface area contributed by atoms with Crippen molar-refractivity contribution in [3.63, 3.8) is 0 Å². The minimum Gasteiger partial charge on any atom is -0.456 e. The maximum absolute atomic E-state index is 14.2. The van der Waals surface area contributed by atoms with Crippen molar-refractivity contribution in [1.82, 2.24) is 24.5 Å². The lowest BCUT2D eigenvalue weighted by atomic mass is 10.0. The number of nitriles is 1. The lowest BCUT2D eigenvalue weighted by Crippen LogP contribution is -2.43. The highest BCUT2D eigenvalue weighted by atomic mass is 35.5. The van der Waals surface area contributed by atoms with E-state index in [2.05, 4.69) is 10.2 Å². The SMILES string of the molecule is Cn1nc(C(F)(F)C(F)(F)F)c(C(F)(F)F)c1-n1cc(-c2ccc(Cl)c(C(=O)N(COC(=O)c3ccc(C(=O)OC(C)(C)C)cc3)C3(C#N)CC3)c2)cn1. The summed E-state index contributed by atoms with van der Waals surface area (Å²) in [5.41, 5.74) is -7.12. The van der Waals surface area contributed by atoms with Gasteiger partial charge in [-0.05, 0) is 75.6 Å². The molecule has 1 aliphatic carbocycles. The highest BCUT2D eigenvalue weighted by molar-refractivity contribution is 6.34. The number of carbonyl (C=O) groups excluding carboxylic acids is 3. The number of ether oxygens (including phenoxy) is 2. The van der Waals surface area contributed by atoms with E-state index < -0.39 is 71.1 Å². The first-order chi connectivity index (χ1) is 24.9. The van der Waals surface area contributed by atoms with Gasteiger partial charge in [0.15, 0.2) is 18.2 Å². The van der Waals surface area contributed by atoms with Crippen LogP contribution in [0.25, 0.3) is 16.9 Å². The summed E-state index contributed by atoms with van der Waals surface area (Å²) in [6.07, 6.45) is -9.87. The molecule has 5 rings (SSSR count). The number of benzene rings is 2. The Bertz CT molecular complexity index is 2160. The average Bonchev–Trinajstić information content (AvgIpc) is 3.54. The summed E-state index contributed by atoms with van der Waals surface area (Å²) in [5, 5.41) is 16.4. The van der Waals surface area contributed by atoms with Crippen LogP contribution >= 0.6 is 11.6 Å². The Morgan fingerprint density at radius 2 is 1.54 bits per heavy atom. The van der Waals surface area contributed by atoms with E-state index in [1.807, 2.05) is 6.07 Å². The molecular weight excluding hydrogens is 760 g/mol. The molecule has 1 fully saturated rings. The minimum atomic E-state index is -6.40. The smallest absolute Gasteiger partial charge is 0.456 e. The minimum absolute atomic E-state index is 0.00454. The number of aromatic nitrogens is 4. The fraction of sp³-hybridized carbons (Fsp3) is 0.353. The average molecular weight is 787 g/mol. The monoisotopic (exact) mass is 786 g/mol. The summed E-state index contributed by atoms with van der Waals surface area (Å²) in [5.74, 6) is -9.64. The van der Waals surface area contributed by atoms with Crippen molar-refractivity contribution in [2.45, 2.75) is 63.0 Å². The molecule has 0 unspecified atom stereocenters. The third kappa shape index (κ3) is 7.74. The van der Waals surface area contributed by atoms with E-state index >= 15 is 0 Å². The standard InChI is InChI=1S/C34H27ClF8N6O5/c1-30(2,3)54-29(52)19-7-5-18(6-8-19)28(51)53-17-48(31(16-44)11-12-31)27(50)22-13-20(9-10-23(22)35)21-14-45-49(15-21)26-24(33(38,39)40)25(46-47(26)4)32(36,37)34(41,42)43/h5-10,13-15H,11-12,17H2,1-4H3. The molecule has 0 aliphatic heterocycles. The molecule has 0 radical (unpaired) electrons. The molecule has 11 nitrogen and oxygen atoms in total. The first-order valence-corrected chi connectivity index (χ1v) is 16.0. The molecule has 1 saturated carbocycles. The normalized spacial score (nSPS) is 14.3. The van der Waals surface area contributed by atoms with Gasteiger partial charge in [0.05, 0.1) is 34.0 Å². The van der Waals surface area contributed by atoms with Crippen LogP contribution < -0.4 is 0 Å². The molecule has 286 valence electrons. The number of carbonyl (C=O) groups is 3. The van der Waals surface area contributed by atoms with Gasteiger partial charge in [-0.2, -0.15) is 50.6 Å². The van der Waals surface area contributed by atoms with Gasteiger partial charge in [0.2, 0.25) is 0 Å². The Balaban J connectivity index is 1.42. The summed E-state index contributed by atoms with van der Waals surface area (Å²) in [6.45, 7) is 4.33. The van der Waals surface area contributed by atoms with Crippen LogP contribution in [0, 0.1) is 11.3 Å². The van der Waals surface area contributed by atoms with Gasteiger partial charge in [-0.15, -0.1) is 0 Å². The Kier molecular flexibility index (Phi) is 10.1. The molecule has 4 aromatic rings. The zero-order valence-electron chi connectivity index (χ0n) is 28.4. The number of amides is 1. The largest absolute Gasteiger partial charge is 0.459 e. The van der Waals surface area contributed by atoms with Gasteiger partial charge < -0.3 is 9.47 Å². The van der Waals surface area contributed by atoms with Gasteiger partial charge >= 0.3 is 30.2 Å². The first kappa shape index (κ1) is 39.7. The summed E-state index contributed by atoms with van der Waals surface area (Å²) in [6, 6.07) is 11.0. The predicted molar refractivity (Wildman–Crippen MR) is 171 cm³/mol. The van der Waals surface area contributed by atoms with Crippen molar-refractivity contribution in [3.05, 3.63) is 87.8 Å². The maximum Gasteiger partial charge on any atom is 0.459 e. The van der Waals surface area contributed by atoms with Crippen LogP contribution in [0.1, 0.15) is 75.9 Å². The summed E-state index contributed by atoms with van der Waals surface area (Å²) >= 11 is 6.35. The molecule has 2 aromatic heterocycles. The number of alkyl halides is 8. The fourth-order valence-corrected chi connectivity index (χ4v) is 5.42. The van der Waals surface area contributed by atoms with E-state index in [0.29, 0.717) is 4.68 Å². The molecule has 20 heteroatoms. The molecule has 2 aromatic carbocycles. The van der Waals surface area contributed by atoms with Crippen LogP contribution in [-0.2, 0) is 28.6 Å². The molecule has 0 bridgehead atoms. The van der Waals surface area contributed by atoms with Gasteiger partial charge in [0.1, 0.15) is 16.7 Å². The van der Waals surface area contributed by atoms with Crippen LogP contribution in [0.4, 0.5) is 35.1 Å². The highest BCUT2D eigenvalue weighted by Crippen LogP contribution is 2.49. The van der Waals surface area contributed by atoms with Crippen LogP contribution in [-0.4, -0.2) is 66.4 Å². The van der Waals surface area contributed by atoms with Crippen molar-refractivity contribution in [2.24, 2.45) is 7.05 Å². The predicted octanol–water partition coefficient (Wildman–Crippen LogP) is 7.87. The number of hydrogen-bond acceptors (Lipinski definition) is 8. The quantitative estimate of drug-likeness (QED) is 0.0952. The van der Waals surface area contributed by atoms with Crippen molar-refractivity contribution in [3.8, 4) is 23.0 Å². The van der Waals surface area contributed by atoms with Crippen LogP contribution in [0.15, 0.2) is 54.9 Å². The van der Waals surface area contributed by atoms with Crippen LogP contribution in [0.2, 0.25) is 5.02 Å². The van der Waals surface area contributed by atoms with Crippen molar-refractivity contribution in [1.29, 1.82) is 5.26 Å². The van der Waals surface area contributed by atoms with E-state index in [1.165, 1.54) is 42.5 Å². The lowest BCUT2D eigenvalue weighted by Gasteiger charge is -2.27. The van der Waals surface area contributed by atoms with Crippen LogP contribution in [0.5, 0.6) is 0 Å². The zero-order valence-corrected chi connectivity index (χ0v) is 29.2. The Labute approximate surface area is 305 Å². The van der Waals surface area contributed by atoms with E-state index in [9.17, 15) is 54.8 Å². The number of aryl methyl sites for hydroxylation is 1. The molecule has 0 N–H and O–H groups in total. The molecule has 0 spiro atoms. The maximum atomic E-state index is 14.2. The molecule has 2 heterocycles. The number of rotatable bonds is 9. The van der Waals surface area contributed by atoms with E-state index in [4.69, 9.17) is 21.1 Å². The second kappa shape index (κ2) is 13.7. The molecule has 1 amide bonds.